The number of carboxylic acids is 1. The molecule has 6 heteroatoms. The molecule has 1 fully saturated rings. The van der Waals surface area contributed by atoms with Crippen molar-refractivity contribution in [1.29, 1.82) is 0 Å². The Labute approximate surface area is 113 Å². The molecule has 1 aliphatic rings. The summed E-state index contributed by atoms with van der Waals surface area (Å²) in [6.07, 6.45) is 2.22. The Balaban J connectivity index is 2.81. The highest BCUT2D eigenvalue weighted by atomic mass is 16.5. The summed E-state index contributed by atoms with van der Waals surface area (Å²) >= 11 is 0. The number of nitrogens with zero attached hydrogens (tertiary/aromatic N) is 1. The molecule has 1 rings (SSSR count). The van der Waals surface area contributed by atoms with Crippen LogP contribution < -0.4 is 5.73 Å². The van der Waals surface area contributed by atoms with E-state index < -0.39 is 24.0 Å². The van der Waals surface area contributed by atoms with E-state index in [9.17, 15) is 14.7 Å². The first kappa shape index (κ1) is 15.9. The molecule has 3 atom stereocenters. The van der Waals surface area contributed by atoms with E-state index in [1.807, 2.05) is 13.8 Å². The lowest BCUT2D eigenvalue weighted by Gasteiger charge is -2.32. The lowest BCUT2D eigenvalue weighted by Crippen LogP contribution is -2.52. The topological polar surface area (TPSA) is 92.9 Å². The summed E-state index contributed by atoms with van der Waals surface area (Å²) in [5.41, 5.74) is 5.87. The van der Waals surface area contributed by atoms with Crippen LogP contribution in [0.2, 0.25) is 0 Å². The van der Waals surface area contributed by atoms with Gasteiger partial charge in [0.25, 0.3) is 0 Å². The molecule has 3 unspecified atom stereocenters. The van der Waals surface area contributed by atoms with Gasteiger partial charge in [-0.1, -0.05) is 20.3 Å². The van der Waals surface area contributed by atoms with Crippen molar-refractivity contribution in [2.24, 2.45) is 11.7 Å². The highest BCUT2D eigenvalue weighted by Crippen LogP contribution is 2.21. The van der Waals surface area contributed by atoms with Crippen molar-refractivity contribution < 1.29 is 19.4 Å². The number of aliphatic carboxylic acids is 1. The Morgan fingerprint density at radius 3 is 2.58 bits per heavy atom. The largest absolute Gasteiger partial charge is 0.481 e. The van der Waals surface area contributed by atoms with Crippen LogP contribution in [0, 0.1) is 5.92 Å². The molecule has 1 aliphatic heterocycles. The lowest BCUT2D eigenvalue weighted by molar-refractivity contribution is -0.145. The summed E-state index contributed by atoms with van der Waals surface area (Å²) < 4.78 is 5.23. The molecule has 0 bridgehead atoms. The molecule has 0 saturated carbocycles. The predicted octanol–water partition coefficient (Wildman–Crippen LogP) is 0.452. The van der Waals surface area contributed by atoms with E-state index in [2.05, 4.69) is 0 Å². The monoisotopic (exact) mass is 272 g/mol. The number of rotatable bonds is 7. The fourth-order valence-electron chi connectivity index (χ4n) is 2.41. The minimum Gasteiger partial charge on any atom is -0.481 e. The molecular formula is C13H24N2O4. The number of ether oxygens (including phenoxy) is 1. The van der Waals surface area contributed by atoms with E-state index in [-0.39, 0.29) is 19.1 Å². The summed E-state index contributed by atoms with van der Waals surface area (Å²) in [6.45, 7) is 4.89. The zero-order valence-electron chi connectivity index (χ0n) is 11.7. The highest BCUT2D eigenvalue weighted by molar-refractivity contribution is 5.83. The molecule has 3 N–H and O–H groups in total. The van der Waals surface area contributed by atoms with Crippen LogP contribution in [0.1, 0.15) is 33.1 Å². The Morgan fingerprint density at radius 1 is 1.37 bits per heavy atom. The van der Waals surface area contributed by atoms with Gasteiger partial charge in [0.15, 0.2) is 0 Å². The van der Waals surface area contributed by atoms with Crippen LogP contribution >= 0.6 is 0 Å². The molecule has 1 heterocycles. The Morgan fingerprint density at radius 2 is 2.05 bits per heavy atom. The molecule has 0 spiro atoms. The van der Waals surface area contributed by atoms with Gasteiger partial charge >= 0.3 is 5.97 Å². The van der Waals surface area contributed by atoms with Crippen LogP contribution in [0.4, 0.5) is 0 Å². The normalized spacial score (nSPS) is 24.2. The van der Waals surface area contributed by atoms with Crippen LogP contribution in [-0.4, -0.2) is 53.7 Å². The summed E-state index contributed by atoms with van der Waals surface area (Å²) in [5, 5.41) is 9.18. The maximum absolute atomic E-state index is 12.3. The second-order valence-electron chi connectivity index (χ2n) is 4.98. The number of carboxylic acid groups (broad SMARTS) is 1. The van der Waals surface area contributed by atoms with Gasteiger partial charge in [0.2, 0.25) is 5.91 Å². The number of carbonyl (C=O) groups is 2. The first-order chi connectivity index (χ1) is 9.02. The minimum atomic E-state index is -0.916. The number of carbonyl (C=O) groups excluding carboxylic acids is 1. The van der Waals surface area contributed by atoms with Crippen LogP contribution in [-0.2, 0) is 14.3 Å². The van der Waals surface area contributed by atoms with Crippen molar-refractivity contribution in [2.75, 3.05) is 19.8 Å². The first-order valence-electron chi connectivity index (χ1n) is 6.89. The van der Waals surface area contributed by atoms with Crippen LogP contribution in [0.5, 0.6) is 0 Å². The highest BCUT2D eigenvalue weighted by Gasteiger charge is 2.40. The maximum atomic E-state index is 12.3. The molecule has 19 heavy (non-hydrogen) atoms. The molecule has 0 aromatic rings. The van der Waals surface area contributed by atoms with E-state index in [0.717, 1.165) is 12.8 Å². The SMILES string of the molecule is CCCC(N)C(=O)N(CCC)C1COCC1C(=O)O. The van der Waals surface area contributed by atoms with Gasteiger partial charge in [-0.2, -0.15) is 0 Å². The van der Waals surface area contributed by atoms with Gasteiger partial charge in [-0.15, -0.1) is 0 Å². The van der Waals surface area contributed by atoms with E-state index in [0.29, 0.717) is 13.0 Å². The molecular weight excluding hydrogens is 248 g/mol. The molecule has 1 saturated heterocycles. The quantitative estimate of drug-likeness (QED) is 0.702. The third-order valence-corrected chi connectivity index (χ3v) is 3.43. The van der Waals surface area contributed by atoms with Gasteiger partial charge < -0.3 is 20.5 Å². The first-order valence-corrected chi connectivity index (χ1v) is 6.89. The third-order valence-electron chi connectivity index (χ3n) is 3.43. The molecule has 0 aromatic carbocycles. The van der Waals surface area contributed by atoms with E-state index >= 15 is 0 Å². The zero-order valence-corrected chi connectivity index (χ0v) is 11.7. The Kier molecular flexibility index (Phi) is 6.24. The third kappa shape index (κ3) is 3.91. The standard InChI is InChI=1S/C13H24N2O4/c1-3-5-10(14)12(16)15(6-4-2)11-8-19-7-9(11)13(17)18/h9-11H,3-8,14H2,1-2H3,(H,17,18). The van der Waals surface area contributed by atoms with Crippen LogP contribution in [0.25, 0.3) is 0 Å². The second-order valence-corrected chi connectivity index (χ2v) is 4.98. The van der Waals surface area contributed by atoms with Crippen molar-refractivity contribution >= 4 is 11.9 Å². The zero-order chi connectivity index (χ0) is 14.4. The van der Waals surface area contributed by atoms with Gasteiger partial charge in [0, 0.05) is 6.54 Å². The van der Waals surface area contributed by atoms with Crippen molar-refractivity contribution in [1.82, 2.24) is 4.90 Å². The lowest BCUT2D eigenvalue weighted by atomic mass is 10.0. The van der Waals surface area contributed by atoms with Gasteiger partial charge in [-0.3, -0.25) is 9.59 Å². The van der Waals surface area contributed by atoms with Crippen LogP contribution in [0.15, 0.2) is 0 Å². The van der Waals surface area contributed by atoms with Gasteiger partial charge in [0.1, 0.15) is 5.92 Å². The van der Waals surface area contributed by atoms with Crippen molar-refractivity contribution in [2.45, 2.75) is 45.2 Å². The molecule has 0 aromatic heterocycles. The molecule has 6 nitrogen and oxygen atoms in total. The van der Waals surface area contributed by atoms with Gasteiger partial charge in [-0.25, -0.2) is 0 Å². The average molecular weight is 272 g/mol. The number of amides is 1. The Hall–Kier alpha value is -1.14. The number of nitrogens with two attached hydrogens (primary N) is 1. The molecule has 0 radical (unpaired) electrons. The summed E-state index contributed by atoms with van der Waals surface area (Å²) in [5.74, 6) is -1.73. The fraction of sp³-hybridized carbons (Fsp3) is 0.846. The average Bonchev–Trinajstić information content (AvgIpc) is 2.84. The smallest absolute Gasteiger partial charge is 0.311 e. The minimum absolute atomic E-state index is 0.162. The molecule has 1 amide bonds. The fourth-order valence-corrected chi connectivity index (χ4v) is 2.41. The van der Waals surface area contributed by atoms with E-state index in [1.165, 1.54) is 0 Å². The summed E-state index contributed by atoms with van der Waals surface area (Å²) in [6, 6.07) is -0.945. The van der Waals surface area contributed by atoms with E-state index in [1.54, 1.807) is 4.90 Å². The molecule has 0 aliphatic carbocycles. The van der Waals surface area contributed by atoms with Gasteiger partial charge in [0.05, 0.1) is 25.3 Å². The summed E-state index contributed by atoms with van der Waals surface area (Å²) in [4.78, 5) is 25.1. The maximum Gasteiger partial charge on any atom is 0.311 e. The molecule has 110 valence electrons. The number of hydrogen-bond acceptors (Lipinski definition) is 4. The number of hydrogen-bond donors (Lipinski definition) is 2. The van der Waals surface area contributed by atoms with Crippen LogP contribution in [0.3, 0.4) is 0 Å². The van der Waals surface area contributed by atoms with Crippen molar-refractivity contribution in [3.8, 4) is 0 Å². The van der Waals surface area contributed by atoms with Crippen molar-refractivity contribution in [3.05, 3.63) is 0 Å². The van der Waals surface area contributed by atoms with Gasteiger partial charge in [-0.05, 0) is 12.8 Å². The predicted molar refractivity (Wildman–Crippen MR) is 70.6 cm³/mol. The second kappa shape index (κ2) is 7.45. The summed E-state index contributed by atoms with van der Waals surface area (Å²) in [7, 11) is 0. The van der Waals surface area contributed by atoms with E-state index in [4.69, 9.17) is 10.5 Å². The van der Waals surface area contributed by atoms with Crippen molar-refractivity contribution in [3.63, 3.8) is 0 Å². The Bertz CT molecular complexity index is 322.